The molecule has 0 spiro atoms. The molecule has 1 atom stereocenters. The molecule has 3 N–H and O–H groups in total. The van der Waals surface area contributed by atoms with Crippen molar-refractivity contribution in [2.24, 2.45) is 0 Å². The summed E-state index contributed by atoms with van der Waals surface area (Å²) in [5, 5.41) is 26.1. The molecule has 0 aliphatic heterocycles. The number of ether oxygens (including phenoxy) is 1. The summed E-state index contributed by atoms with van der Waals surface area (Å²) in [5.74, 6) is -0.633. The predicted molar refractivity (Wildman–Crippen MR) is 122 cm³/mol. The smallest absolute Gasteiger partial charge is 0.417 e. The SMILES string of the molecule is Cc1cnc(NC(=O)c2c(C)nc3c(OC[C@H](O)CO)cc(-c4ccccc4C(F)(F)F)nn23)s1. The molecule has 35 heavy (non-hydrogen) atoms. The fourth-order valence-corrected chi connectivity index (χ4v) is 4.02. The first-order valence-corrected chi connectivity index (χ1v) is 11.1. The number of rotatable bonds is 7. The number of benzene rings is 1. The number of nitrogens with zero attached hydrogens (tertiary/aromatic N) is 4. The van der Waals surface area contributed by atoms with Gasteiger partial charge in [-0.15, -0.1) is 11.3 Å². The number of carbonyl (C=O) groups is 1. The number of hydrogen-bond acceptors (Lipinski definition) is 8. The first kappa shape index (κ1) is 24.6. The third-order valence-corrected chi connectivity index (χ3v) is 5.76. The molecule has 4 aromatic rings. The van der Waals surface area contributed by atoms with E-state index in [0.29, 0.717) is 5.13 Å². The number of hydrogen-bond donors (Lipinski definition) is 3. The second-order valence-electron chi connectivity index (χ2n) is 7.60. The summed E-state index contributed by atoms with van der Waals surface area (Å²) in [4.78, 5) is 22.4. The lowest BCUT2D eigenvalue weighted by molar-refractivity contribution is -0.137. The molecule has 0 unspecified atom stereocenters. The quantitative estimate of drug-likeness (QED) is 0.350. The molecule has 0 radical (unpaired) electrons. The fourth-order valence-electron chi connectivity index (χ4n) is 3.36. The Morgan fingerprint density at radius 1 is 1.29 bits per heavy atom. The van der Waals surface area contributed by atoms with E-state index in [1.54, 1.807) is 13.1 Å². The van der Waals surface area contributed by atoms with Crippen LogP contribution in [0.1, 0.15) is 26.6 Å². The number of nitrogens with one attached hydrogen (secondary N) is 1. The number of halogens is 3. The van der Waals surface area contributed by atoms with Crippen LogP contribution in [-0.4, -0.2) is 55.0 Å². The normalized spacial score (nSPS) is 12.7. The maximum Gasteiger partial charge on any atom is 0.417 e. The molecule has 0 saturated carbocycles. The van der Waals surface area contributed by atoms with Gasteiger partial charge in [0.1, 0.15) is 12.7 Å². The van der Waals surface area contributed by atoms with E-state index in [2.05, 4.69) is 20.4 Å². The van der Waals surface area contributed by atoms with Crippen molar-refractivity contribution in [3.05, 3.63) is 58.4 Å². The van der Waals surface area contributed by atoms with Crippen molar-refractivity contribution in [1.82, 2.24) is 19.6 Å². The first-order valence-electron chi connectivity index (χ1n) is 10.3. The molecule has 4 rings (SSSR count). The van der Waals surface area contributed by atoms with Crippen LogP contribution in [-0.2, 0) is 6.18 Å². The van der Waals surface area contributed by atoms with Crippen molar-refractivity contribution in [2.45, 2.75) is 26.1 Å². The Hall–Kier alpha value is -3.55. The molecule has 3 heterocycles. The van der Waals surface area contributed by atoms with E-state index in [0.717, 1.165) is 15.5 Å². The van der Waals surface area contributed by atoms with Crippen LogP contribution in [0.25, 0.3) is 16.9 Å². The van der Waals surface area contributed by atoms with Gasteiger partial charge in [0.2, 0.25) is 0 Å². The molecule has 1 aromatic carbocycles. The van der Waals surface area contributed by atoms with Crippen molar-refractivity contribution < 1.29 is 32.9 Å². The van der Waals surface area contributed by atoms with Gasteiger partial charge in [-0.3, -0.25) is 10.1 Å². The summed E-state index contributed by atoms with van der Waals surface area (Å²) in [6.45, 7) is 2.43. The monoisotopic (exact) mass is 507 g/mol. The van der Waals surface area contributed by atoms with Crippen LogP contribution < -0.4 is 10.1 Å². The molecule has 0 bridgehead atoms. The number of fused-ring (bicyclic) bond motifs is 1. The van der Waals surface area contributed by atoms with Crippen LogP contribution in [0.2, 0.25) is 0 Å². The van der Waals surface area contributed by atoms with Gasteiger partial charge in [-0.05, 0) is 19.9 Å². The van der Waals surface area contributed by atoms with Gasteiger partial charge >= 0.3 is 6.18 Å². The van der Waals surface area contributed by atoms with E-state index in [9.17, 15) is 23.1 Å². The Kier molecular flexibility index (Phi) is 6.74. The highest BCUT2D eigenvalue weighted by Gasteiger charge is 2.34. The number of thiazole rings is 1. The number of amides is 1. The minimum Gasteiger partial charge on any atom is -0.487 e. The van der Waals surface area contributed by atoms with Gasteiger partial charge in [-0.25, -0.2) is 14.5 Å². The zero-order chi connectivity index (χ0) is 25.3. The number of aliphatic hydroxyl groups is 2. The van der Waals surface area contributed by atoms with Crippen LogP contribution >= 0.6 is 11.3 Å². The van der Waals surface area contributed by atoms with E-state index in [-0.39, 0.29) is 40.6 Å². The Morgan fingerprint density at radius 3 is 2.69 bits per heavy atom. The van der Waals surface area contributed by atoms with Gasteiger partial charge in [0.15, 0.2) is 22.2 Å². The average molecular weight is 507 g/mol. The van der Waals surface area contributed by atoms with Gasteiger partial charge in [0, 0.05) is 22.7 Å². The van der Waals surface area contributed by atoms with E-state index >= 15 is 0 Å². The number of carbonyl (C=O) groups excluding carboxylic acids is 1. The van der Waals surface area contributed by atoms with Gasteiger partial charge in [-0.1, -0.05) is 18.2 Å². The lowest BCUT2D eigenvalue weighted by atomic mass is 10.0. The highest BCUT2D eigenvalue weighted by Crippen LogP contribution is 2.38. The third-order valence-electron chi connectivity index (χ3n) is 4.93. The van der Waals surface area contributed by atoms with Crippen molar-refractivity contribution in [3.8, 4) is 17.0 Å². The van der Waals surface area contributed by atoms with Crippen molar-refractivity contribution in [1.29, 1.82) is 0 Å². The Bertz CT molecular complexity index is 1390. The molecule has 1 amide bonds. The van der Waals surface area contributed by atoms with Gasteiger partial charge in [0.25, 0.3) is 5.91 Å². The molecule has 0 saturated heterocycles. The first-order chi connectivity index (χ1) is 16.6. The fraction of sp³-hybridized carbons (Fsp3) is 0.273. The molecule has 9 nitrogen and oxygen atoms in total. The summed E-state index contributed by atoms with van der Waals surface area (Å²) in [6, 6.07) is 6.13. The van der Waals surface area contributed by atoms with E-state index in [4.69, 9.17) is 9.84 Å². The molecule has 0 fully saturated rings. The zero-order valence-corrected chi connectivity index (χ0v) is 19.3. The summed E-state index contributed by atoms with van der Waals surface area (Å²) in [6.07, 6.45) is -4.30. The van der Waals surface area contributed by atoms with Crippen LogP contribution in [0.5, 0.6) is 5.75 Å². The second kappa shape index (κ2) is 9.60. The standard InChI is InChI=1S/C22H20F3N5O4S/c1-11-8-26-21(35-11)28-20(33)18-12(2)27-19-17(34-10-13(32)9-31)7-16(29-30(18)19)14-5-3-4-6-15(14)22(23,24)25/h3-8,13,31-32H,9-10H2,1-2H3,(H,26,28,33)/t13-/m1/s1. The Balaban J connectivity index is 1.88. The summed E-state index contributed by atoms with van der Waals surface area (Å²) >= 11 is 1.25. The maximum absolute atomic E-state index is 13.7. The molecular weight excluding hydrogens is 487 g/mol. The van der Waals surface area contributed by atoms with E-state index in [1.807, 2.05) is 6.92 Å². The molecule has 3 aromatic heterocycles. The topological polar surface area (TPSA) is 122 Å². The van der Waals surface area contributed by atoms with Crippen LogP contribution in [0.4, 0.5) is 18.3 Å². The number of aromatic nitrogens is 4. The van der Waals surface area contributed by atoms with Crippen LogP contribution in [0.15, 0.2) is 36.5 Å². The molecular formula is C22H20F3N5O4S. The molecule has 0 aliphatic carbocycles. The lowest BCUT2D eigenvalue weighted by Crippen LogP contribution is -2.22. The zero-order valence-electron chi connectivity index (χ0n) is 18.5. The molecule has 13 heteroatoms. The highest BCUT2D eigenvalue weighted by molar-refractivity contribution is 7.15. The lowest BCUT2D eigenvalue weighted by Gasteiger charge is -2.15. The van der Waals surface area contributed by atoms with E-state index in [1.165, 1.54) is 35.6 Å². The minimum atomic E-state index is -4.66. The third kappa shape index (κ3) is 5.11. The summed E-state index contributed by atoms with van der Waals surface area (Å²) in [5.41, 5.74) is -1.00. The minimum absolute atomic E-state index is 0.0215. The van der Waals surface area contributed by atoms with Gasteiger partial charge in [0.05, 0.1) is 23.6 Å². The Morgan fingerprint density at radius 2 is 2.03 bits per heavy atom. The number of aryl methyl sites for hydroxylation is 2. The van der Waals surface area contributed by atoms with E-state index < -0.39 is 30.4 Å². The van der Waals surface area contributed by atoms with Gasteiger partial charge < -0.3 is 14.9 Å². The van der Waals surface area contributed by atoms with Crippen LogP contribution in [0.3, 0.4) is 0 Å². The van der Waals surface area contributed by atoms with Crippen LogP contribution in [0, 0.1) is 13.8 Å². The van der Waals surface area contributed by atoms with Crippen molar-refractivity contribution >= 4 is 28.0 Å². The van der Waals surface area contributed by atoms with Crippen molar-refractivity contribution in [2.75, 3.05) is 18.5 Å². The largest absolute Gasteiger partial charge is 0.487 e. The highest BCUT2D eigenvalue weighted by atomic mass is 32.1. The number of aliphatic hydroxyl groups excluding tert-OH is 2. The van der Waals surface area contributed by atoms with Crippen molar-refractivity contribution in [3.63, 3.8) is 0 Å². The second-order valence-corrected chi connectivity index (χ2v) is 8.83. The average Bonchev–Trinajstić information content (AvgIpc) is 3.37. The summed E-state index contributed by atoms with van der Waals surface area (Å²) in [7, 11) is 0. The Labute approximate surface area is 200 Å². The number of alkyl halides is 3. The predicted octanol–water partition coefficient (Wildman–Crippen LogP) is 3.47. The van der Waals surface area contributed by atoms with Gasteiger partial charge in [-0.2, -0.15) is 18.3 Å². The molecule has 184 valence electrons. The number of imidazole rings is 1. The summed E-state index contributed by atoms with van der Waals surface area (Å²) < 4.78 is 47.8. The maximum atomic E-state index is 13.7. The molecule has 0 aliphatic rings. The number of anilines is 1.